The van der Waals surface area contributed by atoms with Gasteiger partial charge in [0.15, 0.2) is 0 Å². The van der Waals surface area contributed by atoms with Crippen molar-refractivity contribution in [2.24, 2.45) is 5.73 Å². The molecule has 4 amide bonds. The van der Waals surface area contributed by atoms with E-state index < -0.39 is 6.03 Å². The lowest BCUT2D eigenvalue weighted by Crippen LogP contribution is -2.41. The molecule has 0 aliphatic rings. The van der Waals surface area contributed by atoms with Gasteiger partial charge in [0.2, 0.25) is 5.91 Å². The summed E-state index contributed by atoms with van der Waals surface area (Å²) in [5.41, 5.74) is 11.4. The number of thiazole rings is 1. The third-order valence-corrected chi connectivity index (χ3v) is 4.92. The summed E-state index contributed by atoms with van der Waals surface area (Å²) in [6, 6.07) is 9.05. The van der Waals surface area contributed by atoms with Crippen LogP contribution in [0.3, 0.4) is 0 Å². The van der Waals surface area contributed by atoms with E-state index in [1.807, 2.05) is 30.3 Å². The van der Waals surface area contributed by atoms with Crippen LogP contribution in [0.4, 0.5) is 4.79 Å². The molecular weight excluding hydrogens is 366 g/mol. The minimum Gasteiger partial charge on any atom is -0.352 e. The van der Waals surface area contributed by atoms with Crippen molar-refractivity contribution >= 4 is 29.2 Å². The summed E-state index contributed by atoms with van der Waals surface area (Å²) in [6.07, 6.45) is 2.45. The zero-order valence-corrected chi connectivity index (χ0v) is 15.9. The first kappa shape index (κ1) is 20.4. The number of carbonyl (C=O) groups is 3. The van der Waals surface area contributed by atoms with Crippen molar-refractivity contribution in [1.82, 2.24) is 21.2 Å². The lowest BCUT2D eigenvalue weighted by molar-refractivity contribution is -0.122. The van der Waals surface area contributed by atoms with Crippen molar-refractivity contribution in [2.75, 3.05) is 6.54 Å². The number of aryl methyl sites for hydroxylation is 1. The van der Waals surface area contributed by atoms with Crippen LogP contribution in [0, 0.1) is 6.92 Å². The number of urea groups is 1. The standard InChI is InChI=1S/C18H23N5O3S/c1-12-15(27-17(21-12)13-8-4-2-5-9-13)16(25)23-22-14(24)10-6-3-7-11-20-18(19)26/h2,4-5,8-9H,3,6-7,10-11H2,1H3,(H,22,24)(H,23,25)(H3,19,20,26). The number of hydrogen-bond acceptors (Lipinski definition) is 5. The number of nitrogens with two attached hydrogens (primary N) is 1. The molecule has 0 unspecified atom stereocenters. The van der Waals surface area contributed by atoms with Crippen molar-refractivity contribution in [3.63, 3.8) is 0 Å². The molecule has 0 radical (unpaired) electrons. The Bertz CT molecular complexity index is 792. The van der Waals surface area contributed by atoms with Gasteiger partial charge < -0.3 is 11.1 Å². The number of hydrazine groups is 1. The summed E-state index contributed by atoms with van der Waals surface area (Å²) >= 11 is 1.28. The minimum absolute atomic E-state index is 0.267. The fourth-order valence-corrected chi connectivity index (χ4v) is 3.32. The molecule has 0 saturated heterocycles. The Morgan fingerprint density at radius 3 is 2.52 bits per heavy atom. The van der Waals surface area contributed by atoms with Crippen LogP contribution in [-0.4, -0.2) is 29.4 Å². The lowest BCUT2D eigenvalue weighted by Gasteiger charge is -2.06. The highest BCUT2D eigenvalue weighted by molar-refractivity contribution is 7.17. The molecule has 0 spiro atoms. The number of unbranched alkanes of at least 4 members (excludes halogenated alkanes) is 2. The quantitative estimate of drug-likeness (QED) is 0.407. The number of hydrogen-bond donors (Lipinski definition) is 4. The second kappa shape index (κ2) is 10.3. The van der Waals surface area contributed by atoms with Crippen molar-refractivity contribution in [3.05, 3.63) is 40.9 Å². The first-order valence-corrected chi connectivity index (χ1v) is 9.44. The van der Waals surface area contributed by atoms with E-state index in [1.54, 1.807) is 6.92 Å². The van der Waals surface area contributed by atoms with Crippen LogP contribution in [0.15, 0.2) is 30.3 Å². The number of carbonyl (C=O) groups excluding carboxylic acids is 3. The first-order valence-electron chi connectivity index (χ1n) is 8.62. The van der Waals surface area contributed by atoms with E-state index in [4.69, 9.17) is 5.73 Å². The molecule has 2 rings (SSSR count). The molecule has 5 N–H and O–H groups in total. The van der Waals surface area contributed by atoms with E-state index in [2.05, 4.69) is 21.2 Å². The SMILES string of the molecule is Cc1nc(-c2ccccc2)sc1C(=O)NNC(=O)CCCCCNC(N)=O. The fourth-order valence-electron chi connectivity index (χ4n) is 2.36. The van der Waals surface area contributed by atoms with Gasteiger partial charge in [0, 0.05) is 18.5 Å². The van der Waals surface area contributed by atoms with Crippen molar-refractivity contribution < 1.29 is 14.4 Å². The number of nitrogens with zero attached hydrogens (tertiary/aromatic N) is 1. The van der Waals surface area contributed by atoms with Crippen LogP contribution in [-0.2, 0) is 4.79 Å². The topological polar surface area (TPSA) is 126 Å². The second-order valence-electron chi connectivity index (χ2n) is 5.90. The highest BCUT2D eigenvalue weighted by atomic mass is 32.1. The van der Waals surface area contributed by atoms with Crippen molar-refractivity contribution in [1.29, 1.82) is 0 Å². The Labute approximate surface area is 161 Å². The maximum atomic E-state index is 12.3. The molecule has 2 aromatic rings. The van der Waals surface area contributed by atoms with E-state index in [-0.39, 0.29) is 18.2 Å². The van der Waals surface area contributed by atoms with Gasteiger partial charge in [-0.1, -0.05) is 36.8 Å². The smallest absolute Gasteiger partial charge is 0.312 e. The molecule has 1 heterocycles. The number of rotatable bonds is 8. The zero-order valence-electron chi connectivity index (χ0n) is 15.1. The van der Waals surface area contributed by atoms with Gasteiger partial charge in [-0.15, -0.1) is 11.3 Å². The van der Waals surface area contributed by atoms with E-state index in [9.17, 15) is 14.4 Å². The van der Waals surface area contributed by atoms with Gasteiger partial charge in [-0.25, -0.2) is 9.78 Å². The average Bonchev–Trinajstić information content (AvgIpc) is 3.05. The van der Waals surface area contributed by atoms with Gasteiger partial charge in [-0.3, -0.25) is 20.4 Å². The van der Waals surface area contributed by atoms with Gasteiger partial charge >= 0.3 is 6.03 Å². The van der Waals surface area contributed by atoms with Crippen LogP contribution >= 0.6 is 11.3 Å². The van der Waals surface area contributed by atoms with E-state index in [1.165, 1.54) is 11.3 Å². The van der Waals surface area contributed by atoms with Crippen LogP contribution in [0.25, 0.3) is 10.6 Å². The molecule has 144 valence electrons. The molecule has 0 aliphatic carbocycles. The molecule has 9 heteroatoms. The molecule has 1 aromatic heterocycles. The maximum Gasteiger partial charge on any atom is 0.312 e. The molecule has 27 heavy (non-hydrogen) atoms. The van der Waals surface area contributed by atoms with Crippen molar-refractivity contribution in [2.45, 2.75) is 32.6 Å². The predicted octanol–water partition coefficient (Wildman–Crippen LogP) is 2.11. The molecule has 1 aromatic carbocycles. The fraction of sp³-hybridized carbons (Fsp3) is 0.333. The number of nitrogens with one attached hydrogen (secondary N) is 3. The van der Waals surface area contributed by atoms with Crippen LogP contribution in [0.5, 0.6) is 0 Å². The van der Waals surface area contributed by atoms with E-state index in [0.29, 0.717) is 23.5 Å². The number of benzene rings is 1. The molecule has 0 fully saturated rings. The van der Waals surface area contributed by atoms with Crippen LogP contribution < -0.4 is 21.9 Å². The summed E-state index contributed by atoms with van der Waals surface area (Å²) in [6.45, 7) is 2.25. The summed E-state index contributed by atoms with van der Waals surface area (Å²) in [4.78, 5) is 39.5. The number of aromatic nitrogens is 1. The third-order valence-electron chi connectivity index (χ3n) is 3.72. The highest BCUT2D eigenvalue weighted by Gasteiger charge is 2.16. The average molecular weight is 389 g/mol. The summed E-state index contributed by atoms with van der Waals surface area (Å²) < 4.78 is 0. The third kappa shape index (κ3) is 6.70. The Balaban J connectivity index is 1.75. The van der Waals surface area contributed by atoms with Gasteiger partial charge in [-0.2, -0.15) is 0 Å². The molecule has 0 aliphatic heterocycles. The van der Waals surface area contributed by atoms with Gasteiger partial charge in [0.1, 0.15) is 9.88 Å². The van der Waals surface area contributed by atoms with Gasteiger partial charge in [-0.05, 0) is 19.8 Å². The first-order chi connectivity index (χ1) is 13.0. The Hall–Kier alpha value is -2.94. The van der Waals surface area contributed by atoms with Gasteiger partial charge in [0.25, 0.3) is 5.91 Å². The largest absolute Gasteiger partial charge is 0.352 e. The van der Waals surface area contributed by atoms with Crippen LogP contribution in [0.2, 0.25) is 0 Å². The molecule has 0 atom stereocenters. The minimum atomic E-state index is -0.552. The normalized spacial score (nSPS) is 10.3. The molecule has 8 nitrogen and oxygen atoms in total. The van der Waals surface area contributed by atoms with Crippen molar-refractivity contribution in [3.8, 4) is 10.6 Å². The maximum absolute atomic E-state index is 12.3. The van der Waals surface area contributed by atoms with E-state index in [0.717, 1.165) is 23.4 Å². The van der Waals surface area contributed by atoms with E-state index >= 15 is 0 Å². The number of amides is 4. The molecule has 0 bridgehead atoms. The zero-order chi connectivity index (χ0) is 19.6. The summed E-state index contributed by atoms with van der Waals surface area (Å²) in [5, 5.41) is 3.25. The second-order valence-corrected chi connectivity index (χ2v) is 6.90. The predicted molar refractivity (Wildman–Crippen MR) is 104 cm³/mol. The summed E-state index contributed by atoms with van der Waals surface area (Å²) in [7, 11) is 0. The Kier molecular flexibility index (Phi) is 7.75. The number of primary amides is 1. The Morgan fingerprint density at radius 1 is 1.07 bits per heavy atom. The summed E-state index contributed by atoms with van der Waals surface area (Å²) in [5.74, 6) is -0.650. The monoisotopic (exact) mass is 389 g/mol. The Morgan fingerprint density at radius 2 is 1.81 bits per heavy atom. The molecule has 0 saturated carbocycles. The lowest BCUT2D eigenvalue weighted by atomic mass is 10.2. The van der Waals surface area contributed by atoms with Crippen LogP contribution in [0.1, 0.15) is 41.0 Å². The highest BCUT2D eigenvalue weighted by Crippen LogP contribution is 2.27. The van der Waals surface area contributed by atoms with Gasteiger partial charge in [0.05, 0.1) is 5.69 Å². The molecular formula is C18H23N5O3S.